The van der Waals surface area contributed by atoms with Gasteiger partial charge in [0.2, 0.25) is 0 Å². The van der Waals surface area contributed by atoms with Crippen LogP contribution < -0.4 is 0 Å². The molecule has 0 saturated heterocycles. The van der Waals surface area contributed by atoms with Gasteiger partial charge < -0.3 is 4.57 Å². The Morgan fingerprint density at radius 2 is 0.636 bits per heavy atom. The van der Waals surface area contributed by atoms with Gasteiger partial charge in [0.1, 0.15) is 0 Å². The van der Waals surface area contributed by atoms with E-state index in [2.05, 4.69) is 71.3 Å². The molecule has 10 aromatic rings. The minimum Gasteiger partial charge on any atom is -0.309 e. The van der Waals surface area contributed by atoms with Gasteiger partial charge in [-0.3, -0.25) is 0 Å². The SMILES string of the molecule is c1ccc(-c2nc(-c3ccccc3)nc(-c3ccccc3-c3nc(-c4ccccc4)nc(-c4cccc5c4c4ccccc4n5-c4ccccc4)n3)n2)cc1. The summed E-state index contributed by atoms with van der Waals surface area (Å²) < 4.78 is 2.30. The number of aromatic nitrogens is 7. The normalized spacial score (nSPS) is 11.3. The number of para-hydroxylation sites is 2. The number of hydrogen-bond donors (Lipinski definition) is 0. The Balaban J connectivity index is 1.21. The number of rotatable bonds is 7. The van der Waals surface area contributed by atoms with Crippen LogP contribution in [0.15, 0.2) is 188 Å². The van der Waals surface area contributed by atoms with Gasteiger partial charge in [-0.25, -0.2) is 29.9 Å². The highest BCUT2D eigenvalue weighted by Gasteiger charge is 2.22. The van der Waals surface area contributed by atoms with Gasteiger partial charge in [0.25, 0.3) is 0 Å². The summed E-state index contributed by atoms with van der Waals surface area (Å²) in [6.07, 6.45) is 0. The zero-order valence-corrected chi connectivity index (χ0v) is 29.5. The lowest BCUT2D eigenvalue weighted by Crippen LogP contribution is -2.04. The van der Waals surface area contributed by atoms with Crippen molar-refractivity contribution >= 4 is 21.8 Å². The van der Waals surface area contributed by atoms with Gasteiger partial charge in [-0.05, 0) is 24.3 Å². The average Bonchev–Trinajstić information content (AvgIpc) is 3.62. The minimum atomic E-state index is 0.520. The summed E-state index contributed by atoms with van der Waals surface area (Å²) in [4.78, 5) is 30.6. The smallest absolute Gasteiger partial charge is 0.164 e. The molecule has 0 unspecified atom stereocenters. The van der Waals surface area contributed by atoms with Crippen molar-refractivity contribution < 1.29 is 0 Å². The summed E-state index contributed by atoms with van der Waals surface area (Å²) in [6, 6.07) is 63.4. The zero-order chi connectivity index (χ0) is 36.6. The fraction of sp³-hybridized carbons (Fsp3) is 0. The molecule has 0 amide bonds. The molecule has 55 heavy (non-hydrogen) atoms. The van der Waals surface area contributed by atoms with Crippen LogP contribution in [-0.2, 0) is 0 Å². The lowest BCUT2D eigenvalue weighted by atomic mass is 10.0. The third-order valence-electron chi connectivity index (χ3n) is 9.73. The Labute approximate surface area is 317 Å². The van der Waals surface area contributed by atoms with Gasteiger partial charge in [-0.2, -0.15) is 0 Å². The predicted molar refractivity (Wildman–Crippen MR) is 220 cm³/mol. The first-order valence-corrected chi connectivity index (χ1v) is 18.1. The second kappa shape index (κ2) is 13.7. The molecular weight excluding hydrogens is 675 g/mol. The van der Waals surface area contributed by atoms with Gasteiger partial charge in [-0.1, -0.05) is 164 Å². The molecule has 3 aromatic heterocycles. The highest BCUT2D eigenvalue weighted by molar-refractivity contribution is 6.15. The molecular formula is C48H31N7. The van der Waals surface area contributed by atoms with Crippen LogP contribution >= 0.6 is 0 Å². The van der Waals surface area contributed by atoms with E-state index < -0.39 is 0 Å². The summed E-state index contributed by atoms with van der Waals surface area (Å²) in [6.45, 7) is 0. The van der Waals surface area contributed by atoms with Gasteiger partial charge in [0.05, 0.1) is 11.0 Å². The third-order valence-corrected chi connectivity index (χ3v) is 9.73. The van der Waals surface area contributed by atoms with E-state index in [1.165, 1.54) is 0 Å². The molecule has 258 valence electrons. The molecule has 10 rings (SSSR count). The summed E-state index contributed by atoms with van der Waals surface area (Å²) >= 11 is 0. The lowest BCUT2D eigenvalue weighted by Gasteiger charge is -2.13. The van der Waals surface area contributed by atoms with Crippen LogP contribution in [0, 0.1) is 0 Å². The number of nitrogens with zero attached hydrogens (tertiary/aromatic N) is 7. The summed E-state index contributed by atoms with van der Waals surface area (Å²) in [7, 11) is 0. The topological polar surface area (TPSA) is 82.3 Å². The van der Waals surface area contributed by atoms with Gasteiger partial charge in [0, 0.05) is 49.8 Å². The quantitative estimate of drug-likeness (QED) is 0.164. The van der Waals surface area contributed by atoms with Gasteiger partial charge in [-0.15, -0.1) is 0 Å². The fourth-order valence-electron chi connectivity index (χ4n) is 7.20. The summed E-state index contributed by atoms with van der Waals surface area (Å²) in [5.74, 6) is 3.37. The van der Waals surface area contributed by atoms with E-state index in [1.807, 2.05) is 121 Å². The number of benzene rings is 7. The van der Waals surface area contributed by atoms with Crippen LogP contribution in [-0.4, -0.2) is 34.5 Å². The molecule has 0 fully saturated rings. The molecule has 0 aliphatic rings. The van der Waals surface area contributed by atoms with Crippen molar-refractivity contribution in [1.29, 1.82) is 0 Å². The van der Waals surface area contributed by atoms with Crippen LogP contribution in [0.5, 0.6) is 0 Å². The van der Waals surface area contributed by atoms with Crippen molar-refractivity contribution in [2.24, 2.45) is 0 Å². The Hall–Kier alpha value is -7.64. The van der Waals surface area contributed by atoms with E-state index in [4.69, 9.17) is 29.9 Å². The fourth-order valence-corrected chi connectivity index (χ4v) is 7.20. The van der Waals surface area contributed by atoms with Crippen molar-refractivity contribution in [3.63, 3.8) is 0 Å². The molecule has 0 radical (unpaired) electrons. The Bertz CT molecular complexity index is 2910. The molecule has 0 atom stereocenters. The molecule has 7 nitrogen and oxygen atoms in total. The van der Waals surface area contributed by atoms with E-state index in [-0.39, 0.29) is 0 Å². The van der Waals surface area contributed by atoms with Crippen molar-refractivity contribution in [2.75, 3.05) is 0 Å². The largest absolute Gasteiger partial charge is 0.309 e. The van der Waals surface area contributed by atoms with Crippen LogP contribution in [0.4, 0.5) is 0 Å². The third kappa shape index (κ3) is 5.90. The van der Waals surface area contributed by atoms with Gasteiger partial charge >= 0.3 is 0 Å². The monoisotopic (exact) mass is 705 g/mol. The molecule has 0 spiro atoms. The van der Waals surface area contributed by atoms with Crippen LogP contribution in [0.25, 0.3) is 95.8 Å². The summed E-state index contributed by atoms with van der Waals surface area (Å²) in [5, 5.41) is 2.19. The van der Waals surface area contributed by atoms with E-state index in [1.54, 1.807) is 0 Å². The first-order chi connectivity index (χ1) is 27.3. The van der Waals surface area contributed by atoms with Crippen molar-refractivity contribution in [1.82, 2.24) is 34.5 Å². The van der Waals surface area contributed by atoms with Crippen molar-refractivity contribution in [3.05, 3.63) is 188 Å². The lowest BCUT2D eigenvalue weighted by molar-refractivity contribution is 1.06. The summed E-state index contributed by atoms with van der Waals surface area (Å²) in [5.41, 5.74) is 8.44. The molecule has 0 saturated carbocycles. The van der Waals surface area contributed by atoms with Crippen LogP contribution in [0.2, 0.25) is 0 Å². The molecule has 7 heteroatoms. The maximum Gasteiger partial charge on any atom is 0.164 e. The van der Waals surface area contributed by atoms with Crippen molar-refractivity contribution in [3.8, 4) is 74.0 Å². The molecule has 0 aliphatic carbocycles. The highest BCUT2D eigenvalue weighted by atomic mass is 15.1. The van der Waals surface area contributed by atoms with Crippen LogP contribution in [0.1, 0.15) is 0 Å². The highest BCUT2D eigenvalue weighted by Crippen LogP contribution is 2.39. The first-order valence-electron chi connectivity index (χ1n) is 18.1. The first kappa shape index (κ1) is 32.0. The predicted octanol–water partition coefficient (Wildman–Crippen LogP) is 11.2. The Morgan fingerprint density at radius 3 is 1.16 bits per heavy atom. The number of fused-ring (bicyclic) bond motifs is 3. The molecule has 0 bridgehead atoms. The molecule has 7 aromatic carbocycles. The maximum atomic E-state index is 5.28. The van der Waals surface area contributed by atoms with E-state index in [0.717, 1.165) is 60.9 Å². The molecule has 3 heterocycles. The van der Waals surface area contributed by atoms with Crippen molar-refractivity contribution in [2.45, 2.75) is 0 Å². The molecule has 0 N–H and O–H groups in total. The Kier molecular flexibility index (Phi) is 8.00. The minimum absolute atomic E-state index is 0.520. The van der Waals surface area contributed by atoms with E-state index in [0.29, 0.717) is 34.9 Å². The van der Waals surface area contributed by atoms with Gasteiger partial charge in [0.15, 0.2) is 34.9 Å². The van der Waals surface area contributed by atoms with E-state index >= 15 is 0 Å². The molecule has 0 aliphatic heterocycles. The second-order valence-corrected chi connectivity index (χ2v) is 13.1. The van der Waals surface area contributed by atoms with E-state index in [9.17, 15) is 0 Å². The Morgan fingerprint density at radius 1 is 0.273 bits per heavy atom. The zero-order valence-electron chi connectivity index (χ0n) is 29.5. The van der Waals surface area contributed by atoms with Crippen LogP contribution in [0.3, 0.4) is 0 Å². The maximum absolute atomic E-state index is 5.28. The standard InChI is InChI=1S/C48H31N7/c1-5-18-32(19-6-1)43-49-44(33-20-7-2-8-21-33)51-46(50-43)36-26-13-14-27-37(36)47-52-45(34-22-9-3-10-23-34)53-48(54-47)39-29-17-31-41-42(39)38-28-15-16-30-40(38)55(41)35-24-11-4-12-25-35/h1-31H. The average molecular weight is 706 g/mol. The second-order valence-electron chi connectivity index (χ2n) is 13.1. The number of hydrogen-bond acceptors (Lipinski definition) is 6.